The fraction of sp³-hybridized carbons (Fsp3) is 0.429. The number of aliphatic hydroxyl groups excluding tert-OH is 1. The summed E-state index contributed by atoms with van der Waals surface area (Å²) in [5.41, 5.74) is 0.715. The number of nitrogens with two attached hydrogens (primary N) is 1. The van der Waals surface area contributed by atoms with E-state index in [1.54, 1.807) is 6.92 Å². The van der Waals surface area contributed by atoms with Gasteiger partial charge in [0.25, 0.3) is 5.69 Å². The molecule has 0 unspecified atom stereocenters. The van der Waals surface area contributed by atoms with Gasteiger partial charge >= 0.3 is 0 Å². The number of aryl methyl sites for hydroxylation is 1. The Morgan fingerprint density at radius 3 is 2.70 bits per heavy atom. The number of non-ortho nitro benzene ring substituents is 1. The lowest BCUT2D eigenvalue weighted by molar-refractivity contribution is -0.682. The van der Waals surface area contributed by atoms with Crippen LogP contribution in [0.25, 0.3) is 0 Å². The fourth-order valence-corrected chi connectivity index (χ4v) is 1.93. The molecular weight excluding hydrogens is 306 g/mol. The minimum absolute atomic E-state index is 0.0741. The maximum absolute atomic E-state index is 12.0. The van der Waals surface area contributed by atoms with E-state index in [1.807, 2.05) is 0 Å². The van der Waals surface area contributed by atoms with Gasteiger partial charge in [0.15, 0.2) is 0 Å². The van der Waals surface area contributed by atoms with Crippen molar-refractivity contribution < 1.29 is 30.0 Å². The number of hydrogen-bond donors (Lipinski definition) is 3. The minimum Gasteiger partial charge on any atom is -0.544 e. The van der Waals surface area contributed by atoms with Gasteiger partial charge in [-0.15, -0.1) is 0 Å². The van der Waals surface area contributed by atoms with E-state index in [1.165, 1.54) is 23.5 Å². The zero-order valence-electron chi connectivity index (χ0n) is 12.7. The lowest BCUT2D eigenvalue weighted by atomic mass is 10.1. The molecule has 0 aliphatic heterocycles. The SMILES string of the molecule is Cc1ccc([N+](=O)[O-])cc1NC(=O)C[C@@H]([NH2+]CCCO)C(=O)[O-]. The van der Waals surface area contributed by atoms with Crippen LogP contribution in [0.4, 0.5) is 11.4 Å². The number of hydrogen-bond acceptors (Lipinski definition) is 6. The minimum atomic E-state index is -1.38. The van der Waals surface area contributed by atoms with Gasteiger partial charge in [-0.25, -0.2) is 0 Å². The predicted octanol–water partition coefficient (Wildman–Crippen LogP) is -1.70. The maximum Gasteiger partial charge on any atom is 0.271 e. The van der Waals surface area contributed by atoms with E-state index in [2.05, 4.69) is 5.32 Å². The number of nitrogens with zero attached hydrogens (tertiary/aromatic N) is 1. The molecule has 0 saturated carbocycles. The van der Waals surface area contributed by atoms with Crippen molar-refractivity contribution in [2.45, 2.75) is 25.8 Å². The third-order valence-corrected chi connectivity index (χ3v) is 3.23. The molecule has 126 valence electrons. The van der Waals surface area contributed by atoms with Gasteiger partial charge in [0.1, 0.15) is 6.04 Å². The van der Waals surface area contributed by atoms with Crippen LogP contribution in [0.2, 0.25) is 0 Å². The Morgan fingerprint density at radius 1 is 1.43 bits per heavy atom. The molecule has 0 heterocycles. The van der Waals surface area contributed by atoms with Crippen molar-refractivity contribution in [2.24, 2.45) is 0 Å². The zero-order chi connectivity index (χ0) is 17.4. The highest BCUT2D eigenvalue weighted by Gasteiger charge is 2.19. The first kappa shape index (κ1) is 18.5. The molecule has 0 aliphatic carbocycles. The van der Waals surface area contributed by atoms with Crippen molar-refractivity contribution in [1.82, 2.24) is 0 Å². The highest BCUT2D eigenvalue weighted by molar-refractivity contribution is 5.94. The quantitative estimate of drug-likeness (QED) is 0.280. The van der Waals surface area contributed by atoms with Gasteiger partial charge in [0.2, 0.25) is 5.91 Å². The molecule has 1 atom stereocenters. The lowest BCUT2D eigenvalue weighted by Crippen LogP contribution is -2.93. The molecule has 0 bridgehead atoms. The third kappa shape index (κ3) is 6.01. The number of aliphatic hydroxyl groups is 1. The Morgan fingerprint density at radius 2 is 2.13 bits per heavy atom. The largest absolute Gasteiger partial charge is 0.544 e. The molecular formula is C14H19N3O6. The summed E-state index contributed by atoms with van der Waals surface area (Å²) in [5, 5.41) is 34.3. The number of carbonyl (C=O) groups excluding carboxylic acids is 2. The smallest absolute Gasteiger partial charge is 0.271 e. The van der Waals surface area contributed by atoms with E-state index in [4.69, 9.17) is 5.11 Å². The van der Waals surface area contributed by atoms with E-state index < -0.39 is 22.8 Å². The second-order valence-electron chi connectivity index (χ2n) is 5.04. The average molecular weight is 325 g/mol. The number of anilines is 1. The van der Waals surface area contributed by atoms with E-state index in [-0.39, 0.29) is 24.4 Å². The zero-order valence-corrected chi connectivity index (χ0v) is 12.7. The molecule has 1 amide bonds. The summed E-state index contributed by atoms with van der Waals surface area (Å²) in [7, 11) is 0. The van der Waals surface area contributed by atoms with Crippen LogP contribution in [0.15, 0.2) is 18.2 Å². The summed E-state index contributed by atoms with van der Waals surface area (Å²) in [5.74, 6) is -1.96. The molecule has 0 spiro atoms. The molecule has 1 aromatic rings. The predicted molar refractivity (Wildman–Crippen MR) is 78.4 cm³/mol. The number of nitro benzene ring substituents is 1. The molecule has 1 rings (SSSR count). The maximum atomic E-state index is 12.0. The number of quaternary nitrogens is 1. The van der Waals surface area contributed by atoms with Crippen LogP contribution < -0.4 is 15.7 Å². The van der Waals surface area contributed by atoms with Crippen LogP contribution >= 0.6 is 0 Å². The fourth-order valence-electron chi connectivity index (χ4n) is 1.93. The molecule has 0 aliphatic rings. The van der Waals surface area contributed by atoms with E-state index in [0.29, 0.717) is 18.5 Å². The number of carboxylic acids is 1. The van der Waals surface area contributed by atoms with Crippen LogP contribution in [0.5, 0.6) is 0 Å². The van der Waals surface area contributed by atoms with Crippen molar-refractivity contribution in [2.75, 3.05) is 18.5 Å². The Bertz CT molecular complexity index is 590. The summed E-state index contributed by atoms with van der Waals surface area (Å²) in [6, 6.07) is 2.95. The van der Waals surface area contributed by atoms with Crippen molar-refractivity contribution in [1.29, 1.82) is 0 Å². The second-order valence-corrected chi connectivity index (χ2v) is 5.04. The number of nitro groups is 1. The van der Waals surface area contributed by atoms with Gasteiger partial charge in [-0.3, -0.25) is 14.9 Å². The van der Waals surface area contributed by atoms with Gasteiger partial charge in [-0.1, -0.05) is 6.07 Å². The van der Waals surface area contributed by atoms with Gasteiger partial charge in [-0.05, 0) is 12.5 Å². The van der Waals surface area contributed by atoms with Crippen LogP contribution in [0.3, 0.4) is 0 Å². The molecule has 4 N–H and O–H groups in total. The summed E-state index contributed by atoms with van der Waals surface area (Å²) in [6.07, 6.45) is 0.0608. The topological polar surface area (TPSA) is 149 Å². The Labute approximate surface area is 132 Å². The van der Waals surface area contributed by atoms with Crippen molar-refractivity contribution in [3.8, 4) is 0 Å². The van der Waals surface area contributed by atoms with E-state index >= 15 is 0 Å². The summed E-state index contributed by atoms with van der Waals surface area (Å²) in [4.78, 5) is 33.1. The van der Waals surface area contributed by atoms with Crippen molar-refractivity contribution in [3.05, 3.63) is 33.9 Å². The summed E-state index contributed by atoms with van der Waals surface area (Å²) in [6.45, 7) is 1.94. The molecule has 9 heteroatoms. The third-order valence-electron chi connectivity index (χ3n) is 3.23. The number of rotatable bonds is 9. The van der Waals surface area contributed by atoms with Crippen LogP contribution in [-0.4, -0.2) is 41.1 Å². The first-order valence-corrected chi connectivity index (χ1v) is 7.05. The Kier molecular flexibility index (Phi) is 7.10. The Hall–Kier alpha value is -2.52. The molecule has 0 saturated heterocycles. The molecule has 0 radical (unpaired) electrons. The molecule has 1 aromatic carbocycles. The van der Waals surface area contributed by atoms with Crippen molar-refractivity contribution in [3.63, 3.8) is 0 Å². The number of benzene rings is 1. The monoisotopic (exact) mass is 325 g/mol. The molecule has 0 aromatic heterocycles. The first-order chi connectivity index (χ1) is 10.8. The normalized spacial score (nSPS) is 11.7. The number of amides is 1. The molecule has 9 nitrogen and oxygen atoms in total. The van der Waals surface area contributed by atoms with Crippen molar-refractivity contribution >= 4 is 23.3 Å². The molecule has 23 heavy (non-hydrogen) atoms. The molecule has 0 fully saturated rings. The van der Waals surface area contributed by atoms with Crippen LogP contribution in [0, 0.1) is 17.0 Å². The number of carboxylic acid groups (broad SMARTS) is 1. The first-order valence-electron chi connectivity index (χ1n) is 7.05. The van der Waals surface area contributed by atoms with Gasteiger partial charge in [-0.2, -0.15) is 0 Å². The summed E-state index contributed by atoms with van der Waals surface area (Å²) < 4.78 is 0. The number of carbonyl (C=O) groups is 2. The average Bonchev–Trinajstić information content (AvgIpc) is 2.48. The highest BCUT2D eigenvalue weighted by atomic mass is 16.6. The lowest BCUT2D eigenvalue weighted by Gasteiger charge is -2.16. The summed E-state index contributed by atoms with van der Waals surface area (Å²) >= 11 is 0. The van der Waals surface area contributed by atoms with Crippen LogP contribution in [0.1, 0.15) is 18.4 Å². The number of aliphatic carboxylic acids is 1. The Balaban J connectivity index is 2.72. The highest BCUT2D eigenvalue weighted by Crippen LogP contribution is 2.21. The number of nitrogens with one attached hydrogen (secondary N) is 1. The van der Waals surface area contributed by atoms with Gasteiger partial charge in [0, 0.05) is 25.2 Å². The van der Waals surface area contributed by atoms with Gasteiger partial charge in [0.05, 0.1) is 29.5 Å². The van der Waals surface area contributed by atoms with E-state index in [9.17, 15) is 24.8 Å². The standard InChI is InChI=1S/C14H19N3O6/c1-9-3-4-10(17(22)23)7-11(9)16-13(19)8-12(14(20)21)15-5-2-6-18/h3-4,7,12,15,18H,2,5-6,8H2,1H3,(H,16,19)(H,20,21)/t12-/m1/s1. The van der Waals surface area contributed by atoms with E-state index in [0.717, 1.165) is 0 Å². The second kappa shape index (κ2) is 8.81. The van der Waals surface area contributed by atoms with Gasteiger partial charge < -0.3 is 25.6 Å². The van der Waals surface area contributed by atoms with Crippen LogP contribution in [-0.2, 0) is 9.59 Å².